The summed E-state index contributed by atoms with van der Waals surface area (Å²) in [6, 6.07) is 6.02. The zero-order valence-electron chi connectivity index (χ0n) is 11.7. The van der Waals surface area contributed by atoms with Gasteiger partial charge in [0.25, 0.3) is 0 Å². The predicted octanol–water partition coefficient (Wildman–Crippen LogP) is 2.46. The lowest BCUT2D eigenvalue weighted by Gasteiger charge is -2.21. The molecule has 1 fully saturated rings. The van der Waals surface area contributed by atoms with Crippen LogP contribution in [0.25, 0.3) is 5.65 Å². The maximum atomic E-state index is 12.2. The van der Waals surface area contributed by atoms with Gasteiger partial charge < -0.3 is 9.14 Å². The van der Waals surface area contributed by atoms with E-state index in [0.717, 1.165) is 36.5 Å². The van der Waals surface area contributed by atoms with Crippen molar-refractivity contribution in [2.24, 2.45) is 0 Å². The summed E-state index contributed by atoms with van der Waals surface area (Å²) in [7, 11) is -0.903. The number of fused-ring (bicyclic) bond motifs is 1. The maximum absolute atomic E-state index is 12.2. The number of aromatic nitrogens is 2. The van der Waals surface area contributed by atoms with E-state index in [1.807, 2.05) is 35.7 Å². The number of hydrogen-bond acceptors (Lipinski definition) is 3. The van der Waals surface area contributed by atoms with Gasteiger partial charge in [0.05, 0.1) is 23.3 Å². The number of hydrogen-bond donors (Lipinski definition) is 0. The monoisotopic (exact) mass is 292 g/mol. The predicted molar refractivity (Wildman–Crippen MR) is 80.2 cm³/mol. The summed E-state index contributed by atoms with van der Waals surface area (Å²) in [5.41, 5.74) is 2.96. The van der Waals surface area contributed by atoms with E-state index in [9.17, 15) is 4.21 Å². The second-order valence-electron chi connectivity index (χ2n) is 5.37. The Morgan fingerprint density at radius 1 is 1.45 bits per heavy atom. The number of ether oxygens (including phenoxy) is 1. The molecule has 5 heteroatoms. The lowest BCUT2D eigenvalue weighted by molar-refractivity contribution is 0.0310. The third-order valence-corrected chi connectivity index (χ3v) is 5.06. The number of aryl methyl sites for hydroxylation is 1. The zero-order chi connectivity index (χ0) is 13.9. The van der Waals surface area contributed by atoms with Gasteiger partial charge in [-0.3, -0.25) is 4.21 Å². The van der Waals surface area contributed by atoms with E-state index in [4.69, 9.17) is 4.74 Å². The Bertz CT molecular complexity index is 617. The molecular weight excluding hydrogens is 272 g/mol. The van der Waals surface area contributed by atoms with Crippen molar-refractivity contribution in [1.82, 2.24) is 9.38 Å². The van der Waals surface area contributed by atoms with E-state index in [0.29, 0.717) is 11.5 Å². The molecule has 0 aliphatic carbocycles. The third kappa shape index (κ3) is 3.10. The average molecular weight is 292 g/mol. The molecule has 1 saturated heterocycles. The highest BCUT2D eigenvalue weighted by Gasteiger charge is 2.17. The van der Waals surface area contributed by atoms with Crippen LogP contribution >= 0.6 is 0 Å². The van der Waals surface area contributed by atoms with Crippen molar-refractivity contribution in [2.45, 2.75) is 38.0 Å². The second-order valence-corrected chi connectivity index (χ2v) is 6.87. The highest BCUT2D eigenvalue weighted by atomic mass is 32.2. The molecular formula is C15H20N2O2S. The fraction of sp³-hybridized carbons (Fsp3) is 0.533. The summed E-state index contributed by atoms with van der Waals surface area (Å²) in [6.45, 7) is 2.86. The van der Waals surface area contributed by atoms with Crippen molar-refractivity contribution < 1.29 is 8.95 Å². The first-order valence-electron chi connectivity index (χ1n) is 7.12. The normalized spacial score (nSPS) is 21.1. The Hall–Kier alpha value is -1.20. The van der Waals surface area contributed by atoms with Gasteiger partial charge in [0.2, 0.25) is 0 Å². The number of rotatable bonds is 4. The first kappa shape index (κ1) is 13.8. The van der Waals surface area contributed by atoms with Crippen LogP contribution in [-0.2, 0) is 21.3 Å². The zero-order valence-corrected chi connectivity index (χ0v) is 12.6. The quantitative estimate of drug-likeness (QED) is 0.869. The average Bonchev–Trinajstić information content (AvgIpc) is 2.83. The molecule has 20 heavy (non-hydrogen) atoms. The van der Waals surface area contributed by atoms with E-state index in [2.05, 4.69) is 4.98 Å². The molecule has 0 amide bonds. The number of pyridine rings is 1. The molecule has 2 aromatic heterocycles. The molecule has 1 aliphatic heterocycles. The van der Waals surface area contributed by atoms with Gasteiger partial charge >= 0.3 is 0 Å². The smallest absolute Gasteiger partial charge is 0.137 e. The minimum atomic E-state index is -0.903. The van der Waals surface area contributed by atoms with Crippen LogP contribution in [0.4, 0.5) is 0 Å². The summed E-state index contributed by atoms with van der Waals surface area (Å²) < 4.78 is 19.9. The first-order valence-corrected chi connectivity index (χ1v) is 8.61. The van der Waals surface area contributed by atoms with E-state index in [1.54, 1.807) is 0 Å². The molecule has 3 heterocycles. The molecule has 0 radical (unpaired) electrons. The number of nitrogens with zero attached hydrogens (tertiary/aromatic N) is 2. The molecule has 0 unspecified atom stereocenters. The Balaban J connectivity index is 1.66. The van der Waals surface area contributed by atoms with Crippen LogP contribution in [0.3, 0.4) is 0 Å². The van der Waals surface area contributed by atoms with E-state index >= 15 is 0 Å². The lowest BCUT2D eigenvalue weighted by atomic mass is 10.1. The van der Waals surface area contributed by atoms with Crippen LogP contribution in [-0.4, -0.2) is 32.1 Å². The standard InChI is InChI=1S/C15H20N2O2S/c1-12-5-4-7-15-16-13(9-17(12)15)10-20(18)11-14-6-2-3-8-19-14/h4-5,7,9,14H,2-3,6,8,10-11H2,1H3/t14-,20-/m1/s1. The molecule has 0 aromatic carbocycles. The molecule has 0 N–H and O–H groups in total. The Morgan fingerprint density at radius 2 is 2.35 bits per heavy atom. The van der Waals surface area contributed by atoms with Crippen molar-refractivity contribution in [3.05, 3.63) is 35.8 Å². The van der Waals surface area contributed by atoms with Gasteiger partial charge in [-0.1, -0.05) is 6.07 Å². The van der Waals surface area contributed by atoms with Gasteiger partial charge in [0.15, 0.2) is 0 Å². The third-order valence-electron chi connectivity index (χ3n) is 3.70. The Morgan fingerprint density at radius 3 is 3.10 bits per heavy atom. The van der Waals surface area contributed by atoms with E-state index in [-0.39, 0.29) is 6.10 Å². The van der Waals surface area contributed by atoms with Gasteiger partial charge in [0, 0.05) is 29.3 Å². The van der Waals surface area contributed by atoms with Crippen molar-refractivity contribution in [3.63, 3.8) is 0 Å². The fourth-order valence-corrected chi connectivity index (χ4v) is 3.90. The highest BCUT2D eigenvalue weighted by Crippen LogP contribution is 2.15. The van der Waals surface area contributed by atoms with Crippen LogP contribution in [0.5, 0.6) is 0 Å². The second kappa shape index (κ2) is 6.06. The summed E-state index contributed by atoms with van der Waals surface area (Å²) in [6.07, 6.45) is 5.52. The topological polar surface area (TPSA) is 43.6 Å². The molecule has 3 rings (SSSR count). The largest absolute Gasteiger partial charge is 0.377 e. The van der Waals surface area contributed by atoms with Crippen LogP contribution in [0, 0.1) is 6.92 Å². The van der Waals surface area contributed by atoms with Crippen molar-refractivity contribution in [2.75, 3.05) is 12.4 Å². The Kier molecular flexibility index (Phi) is 4.17. The van der Waals surface area contributed by atoms with Gasteiger partial charge in [-0.2, -0.15) is 0 Å². The fourth-order valence-electron chi connectivity index (χ4n) is 2.64. The van der Waals surface area contributed by atoms with Crippen LogP contribution in [0.15, 0.2) is 24.4 Å². The summed E-state index contributed by atoms with van der Waals surface area (Å²) in [5, 5.41) is 0. The summed E-state index contributed by atoms with van der Waals surface area (Å²) in [5.74, 6) is 1.15. The first-order chi connectivity index (χ1) is 9.72. The van der Waals surface area contributed by atoms with Gasteiger partial charge in [-0.25, -0.2) is 4.98 Å². The van der Waals surface area contributed by atoms with E-state index < -0.39 is 10.8 Å². The minimum absolute atomic E-state index is 0.170. The highest BCUT2D eigenvalue weighted by molar-refractivity contribution is 7.84. The van der Waals surface area contributed by atoms with Gasteiger partial charge in [-0.15, -0.1) is 0 Å². The molecule has 2 atom stereocenters. The summed E-state index contributed by atoms with van der Waals surface area (Å²) >= 11 is 0. The number of imidazole rings is 1. The molecule has 2 aromatic rings. The SMILES string of the molecule is Cc1cccc2nc(C[S@@](=O)C[C@H]3CCCCO3)cn12. The van der Waals surface area contributed by atoms with Crippen LogP contribution < -0.4 is 0 Å². The van der Waals surface area contributed by atoms with Crippen molar-refractivity contribution >= 4 is 16.4 Å². The maximum Gasteiger partial charge on any atom is 0.137 e. The molecule has 1 aliphatic rings. The van der Waals surface area contributed by atoms with Crippen LogP contribution in [0.1, 0.15) is 30.7 Å². The Labute approximate surface area is 121 Å². The molecule has 4 nitrogen and oxygen atoms in total. The van der Waals surface area contributed by atoms with Crippen LogP contribution in [0.2, 0.25) is 0 Å². The van der Waals surface area contributed by atoms with Crippen molar-refractivity contribution in [3.8, 4) is 0 Å². The molecule has 0 bridgehead atoms. The molecule has 108 valence electrons. The summed E-state index contributed by atoms with van der Waals surface area (Å²) in [4.78, 5) is 4.54. The molecule has 0 saturated carbocycles. The van der Waals surface area contributed by atoms with Gasteiger partial charge in [0.1, 0.15) is 5.65 Å². The van der Waals surface area contributed by atoms with Gasteiger partial charge in [-0.05, 0) is 38.3 Å². The van der Waals surface area contributed by atoms with E-state index in [1.165, 1.54) is 6.42 Å². The molecule has 0 spiro atoms. The minimum Gasteiger partial charge on any atom is -0.377 e. The van der Waals surface area contributed by atoms with Crippen molar-refractivity contribution in [1.29, 1.82) is 0 Å². The lowest BCUT2D eigenvalue weighted by Crippen LogP contribution is -2.25.